The minimum absolute atomic E-state index is 0. The molecule has 0 radical (unpaired) electrons. The minimum atomic E-state index is -0.250. The Morgan fingerprint density at radius 1 is 1.60 bits per heavy atom. The molecule has 0 spiro atoms. The number of carboxylic acid groups (broad SMARTS) is 1. The maximum atomic E-state index is 8.36. The van der Waals surface area contributed by atoms with Crippen molar-refractivity contribution >= 4 is 6.47 Å². The average molecular weight is 68.0 g/mol. The smallest absolute Gasteiger partial charge is 0.483 e. The van der Waals surface area contributed by atoms with Crippen molar-refractivity contribution in [3.8, 4) is 0 Å². The zero-order valence-corrected chi connectivity index (χ0v) is 3.43. The van der Waals surface area contributed by atoms with E-state index in [1.165, 1.54) is 0 Å². The molecule has 0 aromatic heterocycles. The van der Waals surface area contributed by atoms with Crippen LogP contribution >= 0.6 is 0 Å². The van der Waals surface area contributed by atoms with Crippen molar-refractivity contribution in [3.63, 3.8) is 0 Å². The fourth-order valence-electron chi connectivity index (χ4n) is 0. The molecule has 0 fully saturated rings. The zero-order valence-electron chi connectivity index (χ0n) is 3.43. The summed E-state index contributed by atoms with van der Waals surface area (Å²) < 4.78 is 0. The van der Waals surface area contributed by atoms with Crippen molar-refractivity contribution < 1.29 is 28.8 Å². The third-order valence-corrected chi connectivity index (χ3v) is 0. The fraction of sp³-hybridized carbons (Fsp3) is 0. The van der Waals surface area contributed by atoms with E-state index in [0.29, 0.717) is 0 Å². The van der Waals surface area contributed by atoms with E-state index in [9.17, 15) is 0 Å². The van der Waals surface area contributed by atoms with Crippen molar-refractivity contribution in [1.82, 2.24) is 0 Å². The topological polar surface area (TPSA) is 37.3 Å². The molecule has 0 amide bonds. The van der Waals surface area contributed by atoms with Crippen molar-refractivity contribution in [2.75, 3.05) is 0 Å². The van der Waals surface area contributed by atoms with Crippen LogP contribution < -0.4 is 18.9 Å². The molecule has 2 nitrogen and oxygen atoms in total. The number of hydrogen-bond acceptors (Lipinski definition) is 1. The molecular weight excluding hydrogens is 63.0 g/mol. The first kappa shape index (κ1) is 19.6. The van der Waals surface area contributed by atoms with Gasteiger partial charge in [0.25, 0.3) is 6.47 Å². The van der Waals surface area contributed by atoms with E-state index in [2.05, 4.69) is 0 Å². The summed E-state index contributed by atoms with van der Waals surface area (Å²) in [6, 6.07) is 0. The Morgan fingerprint density at radius 2 is 1.60 bits per heavy atom. The summed E-state index contributed by atoms with van der Waals surface area (Å²) in [4.78, 5) is 8.36. The van der Waals surface area contributed by atoms with Crippen LogP contribution in [0.5, 0.6) is 0 Å². The van der Waals surface area contributed by atoms with Gasteiger partial charge in [-0.15, -0.1) is 0 Å². The second-order valence-electron chi connectivity index (χ2n) is 0.105. The van der Waals surface area contributed by atoms with Crippen LogP contribution in [-0.4, -0.2) is 11.6 Å². The predicted molar refractivity (Wildman–Crippen MR) is 15.1 cm³/mol. The molecule has 0 heterocycles. The van der Waals surface area contributed by atoms with Crippen LogP contribution in [0.3, 0.4) is 0 Å². The predicted octanol–water partition coefficient (Wildman–Crippen LogP) is -2.84. The summed E-state index contributed by atoms with van der Waals surface area (Å²) in [6.07, 6.45) is 0. The van der Waals surface area contributed by atoms with Gasteiger partial charge in [0.15, 0.2) is 0 Å². The standard InChI is InChI=1S/CH2O2.CH3.Li/c2-1-3;;/h1H,(H,2,3);1H3;/q;-1;+1. The summed E-state index contributed by atoms with van der Waals surface area (Å²) in [5.41, 5.74) is 0. The zero-order chi connectivity index (χ0) is 2.71. The van der Waals surface area contributed by atoms with E-state index in [1.54, 1.807) is 0 Å². The first-order valence-corrected chi connectivity index (χ1v) is 0.494. The molecule has 0 rings (SSSR count). The van der Waals surface area contributed by atoms with Crippen molar-refractivity contribution in [2.45, 2.75) is 0 Å². The van der Waals surface area contributed by atoms with Crippen LogP contribution in [-0.2, 0) is 4.79 Å². The second kappa shape index (κ2) is 33.6. The van der Waals surface area contributed by atoms with E-state index in [1.807, 2.05) is 0 Å². The van der Waals surface area contributed by atoms with Crippen LogP contribution in [0.1, 0.15) is 0 Å². The van der Waals surface area contributed by atoms with Crippen LogP contribution in [0.2, 0.25) is 0 Å². The van der Waals surface area contributed by atoms with Gasteiger partial charge in [-0.25, -0.2) is 0 Å². The van der Waals surface area contributed by atoms with E-state index in [-0.39, 0.29) is 32.8 Å². The van der Waals surface area contributed by atoms with Crippen LogP contribution in [0, 0.1) is 7.43 Å². The fourth-order valence-corrected chi connectivity index (χ4v) is 0. The molecule has 3 heteroatoms. The van der Waals surface area contributed by atoms with Crippen LogP contribution in [0.4, 0.5) is 0 Å². The summed E-state index contributed by atoms with van der Waals surface area (Å²) in [5.74, 6) is 0. The van der Waals surface area contributed by atoms with Gasteiger partial charge in [0.2, 0.25) is 0 Å². The molecule has 0 unspecified atom stereocenters. The van der Waals surface area contributed by atoms with Gasteiger partial charge in [0.1, 0.15) is 0 Å². The Kier molecular flexibility index (Phi) is 132. The number of hydrogen-bond donors (Lipinski definition) is 1. The van der Waals surface area contributed by atoms with Gasteiger partial charge in [-0.2, -0.15) is 0 Å². The molecule has 0 bridgehead atoms. The van der Waals surface area contributed by atoms with Gasteiger partial charge >= 0.3 is 18.9 Å². The summed E-state index contributed by atoms with van der Waals surface area (Å²) in [7, 11) is 0. The minimum Gasteiger partial charge on any atom is -0.483 e. The SMILES string of the molecule is O=CO.[CH3-].[Li+]. The maximum Gasteiger partial charge on any atom is 1.00 e. The summed E-state index contributed by atoms with van der Waals surface area (Å²) in [6.45, 7) is -0.250. The molecule has 0 aliphatic carbocycles. The average Bonchev–Trinajstić information content (AvgIpc) is 0.918. The Labute approximate surface area is 43.4 Å². The molecule has 26 valence electrons. The van der Waals surface area contributed by atoms with Crippen molar-refractivity contribution in [3.05, 3.63) is 7.43 Å². The largest absolute Gasteiger partial charge is 1.00 e. The van der Waals surface area contributed by atoms with Gasteiger partial charge in [-0.3, -0.25) is 4.79 Å². The number of carbonyl (C=O) groups is 1. The Morgan fingerprint density at radius 3 is 1.60 bits per heavy atom. The Balaban J connectivity index is -0.0000000200. The molecule has 0 aromatic carbocycles. The van der Waals surface area contributed by atoms with E-state index in [4.69, 9.17) is 9.90 Å². The number of rotatable bonds is 0. The van der Waals surface area contributed by atoms with E-state index < -0.39 is 0 Å². The van der Waals surface area contributed by atoms with Crippen molar-refractivity contribution in [1.29, 1.82) is 0 Å². The second-order valence-corrected chi connectivity index (χ2v) is 0.105. The molecule has 0 aliphatic rings. The third-order valence-electron chi connectivity index (χ3n) is 0. The van der Waals surface area contributed by atoms with E-state index in [0.717, 1.165) is 0 Å². The van der Waals surface area contributed by atoms with Gasteiger partial charge < -0.3 is 12.5 Å². The molecule has 0 aliphatic heterocycles. The van der Waals surface area contributed by atoms with Crippen LogP contribution in [0.25, 0.3) is 0 Å². The normalized spacial score (nSPS) is 2.40. The molecule has 0 saturated heterocycles. The Hall–Kier alpha value is 0.0674. The molecule has 0 saturated carbocycles. The molecular formula is C2H5LiO2. The van der Waals surface area contributed by atoms with Crippen LogP contribution in [0.15, 0.2) is 0 Å². The van der Waals surface area contributed by atoms with Gasteiger partial charge in [0, 0.05) is 0 Å². The summed E-state index contributed by atoms with van der Waals surface area (Å²) in [5, 5.41) is 6.89. The van der Waals surface area contributed by atoms with Gasteiger partial charge in [-0.1, -0.05) is 0 Å². The van der Waals surface area contributed by atoms with E-state index >= 15 is 0 Å². The molecule has 1 N–H and O–H groups in total. The third kappa shape index (κ3) is 3830. The summed E-state index contributed by atoms with van der Waals surface area (Å²) >= 11 is 0. The molecule has 0 atom stereocenters. The first-order valence-electron chi connectivity index (χ1n) is 0.494. The first-order chi connectivity index (χ1) is 1.41. The van der Waals surface area contributed by atoms with Crippen molar-refractivity contribution in [2.24, 2.45) is 0 Å². The monoisotopic (exact) mass is 68.0 g/mol. The maximum absolute atomic E-state index is 8.36. The van der Waals surface area contributed by atoms with Gasteiger partial charge in [-0.05, 0) is 0 Å². The Bertz CT molecular complexity index is 15.1. The van der Waals surface area contributed by atoms with Gasteiger partial charge in [0.05, 0.1) is 0 Å². The molecule has 5 heavy (non-hydrogen) atoms. The quantitative estimate of drug-likeness (QED) is 0.188. The molecule has 0 aromatic rings.